The number of hydrogen-bond acceptors (Lipinski definition) is 0. The molecule has 0 amide bonds. The first kappa shape index (κ1) is 35.5. The van der Waals surface area contributed by atoms with Crippen LogP contribution in [0.5, 0.6) is 0 Å². The van der Waals surface area contributed by atoms with Crippen LogP contribution in [-0.4, -0.2) is 115 Å². The summed E-state index contributed by atoms with van der Waals surface area (Å²) in [5.41, 5.74) is 0. The Morgan fingerprint density at radius 2 is 1.20 bits per heavy atom. The van der Waals surface area contributed by atoms with E-state index in [1.807, 2.05) is 0 Å². The minimum atomic E-state index is 0. The Morgan fingerprint density at radius 3 is 1.20 bits per heavy atom. The van der Waals surface area contributed by atoms with Gasteiger partial charge in [-0.3, -0.25) is 0 Å². The van der Waals surface area contributed by atoms with Gasteiger partial charge in [-0.15, -0.1) is 0 Å². The van der Waals surface area contributed by atoms with Crippen LogP contribution >= 0.6 is 0 Å². The van der Waals surface area contributed by atoms with Crippen molar-refractivity contribution in [2.24, 2.45) is 0 Å². The van der Waals surface area contributed by atoms with Gasteiger partial charge in [0.05, 0.1) is 0 Å². The maximum Gasteiger partial charge on any atom is 2.00 e. The zero-order valence-corrected chi connectivity index (χ0v) is 9.52. The van der Waals surface area contributed by atoms with E-state index in [1.165, 1.54) is 0 Å². The monoisotopic (exact) mass is 300 g/mol. The Balaban J connectivity index is 0. The summed E-state index contributed by atoms with van der Waals surface area (Å²) in [5.74, 6) is 0. The summed E-state index contributed by atoms with van der Waals surface area (Å²) < 4.78 is 0. The molecule has 0 aliphatic heterocycles. The van der Waals surface area contributed by atoms with E-state index in [0.717, 1.165) is 0 Å². The zero-order chi connectivity index (χ0) is 0. The minimum absolute atomic E-state index is 0. The van der Waals surface area contributed by atoms with Crippen molar-refractivity contribution < 1.29 is 22.8 Å². The molecule has 0 N–H and O–H groups in total. The molecule has 0 radical (unpaired) electrons. The first-order chi connectivity index (χ1) is 0. The molecule has 0 aliphatic carbocycles. The molecule has 0 heterocycles. The van der Waals surface area contributed by atoms with Crippen LogP contribution in [0.3, 0.4) is 0 Å². The summed E-state index contributed by atoms with van der Waals surface area (Å²) in [6.07, 6.45) is 0. The summed E-state index contributed by atoms with van der Waals surface area (Å²) in [4.78, 5) is 0. The fraction of sp³-hybridized carbons (Fsp3) is 0. The van der Waals surface area contributed by atoms with E-state index in [-0.39, 0.29) is 138 Å². The second kappa shape index (κ2) is 24.3. The maximum absolute atomic E-state index is 0. The molecule has 0 aromatic rings. The molecule has 0 unspecified atom stereocenters. The van der Waals surface area contributed by atoms with E-state index in [0.29, 0.717) is 0 Å². The van der Waals surface area contributed by atoms with Gasteiger partial charge in [-0.2, -0.15) is 0 Å². The van der Waals surface area contributed by atoms with Crippen LogP contribution in [0.2, 0.25) is 0 Å². The normalized spacial score (nSPS) is 0. The van der Waals surface area contributed by atoms with Gasteiger partial charge >= 0.3 is 86.6 Å². The summed E-state index contributed by atoms with van der Waals surface area (Å²) in [6.45, 7) is 0. The molecule has 0 rings (SSSR count). The molecule has 0 bridgehead atoms. The summed E-state index contributed by atoms with van der Waals surface area (Å²) >= 11 is 0. The second-order valence-electron chi connectivity index (χ2n) is 0. The molecule has 0 fully saturated rings. The first-order valence-corrected chi connectivity index (χ1v) is 0. The van der Waals surface area contributed by atoms with E-state index in [1.54, 1.807) is 0 Å². The standard InChI is InChI=1S/Al.Ba.Ca.Fe.H4Si.7H/h;;;;1H4;;;;;;;/q;2*+2;;;;;;4*-1. The van der Waals surface area contributed by atoms with Gasteiger partial charge in [-0.1, -0.05) is 0 Å². The predicted molar refractivity (Wildman–Crippen MR) is 37.2 cm³/mol. The average Bonchev–Trinajstić information content (AvgIpc) is 0. The van der Waals surface area contributed by atoms with Crippen LogP contribution in [0.1, 0.15) is 5.71 Å². The van der Waals surface area contributed by atoms with E-state index in [4.69, 9.17) is 0 Å². The number of rotatable bonds is 0. The predicted octanol–water partition coefficient (Wildman–Crippen LogP) is -2.95. The van der Waals surface area contributed by atoms with Crippen LogP contribution in [0.4, 0.5) is 0 Å². The van der Waals surface area contributed by atoms with Gasteiger partial charge < -0.3 is 5.71 Å². The van der Waals surface area contributed by atoms with Gasteiger partial charge in [0, 0.05) is 17.1 Å². The molecule has 30 valence electrons. The third-order valence-corrected chi connectivity index (χ3v) is 0. The van der Waals surface area contributed by atoms with Crippen molar-refractivity contribution in [2.75, 3.05) is 0 Å². The Hall–Kier alpha value is 4.10. The van der Waals surface area contributed by atoms with Crippen LogP contribution in [-0.2, 0) is 17.1 Å². The molecule has 0 saturated carbocycles. The molecule has 0 aromatic carbocycles. The Kier molecular flexibility index (Phi) is 173. The topological polar surface area (TPSA) is 0 Å². The van der Waals surface area contributed by atoms with Crippen molar-refractivity contribution in [1.82, 2.24) is 0 Å². The Morgan fingerprint density at radius 1 is 1.20 bits per heavy atom. The third-order valence-electron chi connectivity index (χ3n) is 0. The smallest absolute Gasteiger partial charge is 1.00 e. The summed E-state index contributed by atoms with van der Waals surface area (Å²) in [7, 11) is 0. The fourth-order valence-corrected chi connectivity index (χ4v) is 0. The van der Waals surface area contributed by atoms with E-state index < -0.39 is 0 Å². The Bertz CT molecular complexity index is 20.5. The van der Waals surface area contributed by atoms with Crippen LogP contribution in [0, 0.1) is 0 Å². The molecule has 5 heteroatoms. The summed E-state index contributed by atoms with van der Waals surface area (Å²) in [6, 6.07) is 0. The van der Waals surface area contributed by atoms with Gasteiger partial charge in [0.1, 0.15) is 0 Å². The first-order valence-electron chi connectivity index (χ1n) is 0. The fourth-order valence-electron chi connectivity index (χ4n) is 0. The molecule has 0 saturated heterocycles. The van der Waals surface area contributed by atoms with Gasteiger partial charge in [-0.25, -0.2) is 0 Å². The average molecular weight is 299 g/mol. The van der Waals surface area contributed by atoms with E-state index in [9.17, 15) is 0 Å². The molecule has 5 heavy (non-hydrogen) atoms. The van der Waals surface area contributed by atoms with E-state index in [2.05, 4.69) is 0 Å². The molecular weight excluding hydrogens is 288 g/mol. The molecular formula is H11AlBaCaFeSi. The van der Waals surface area contributed by atoms with Crippen molar-refractivity contribution in [3.63, 3.8) is 0 Å². The molecule has 0 nitrogen and oxygen atoms in total. The molecule has 0 spiro atoms. The van der Waals surface area contributed by atoms with Gasteiger partial charge in [0.25, 0.3) is 0 Å². The van der Waals surface area contributed by atoms with Crippen molar-refractivity contribution in [3.8, 4) is 0 Å². The largest absolute Gasteiger partial charge is 2.00 e. The third kappa shape index (κ3) is 17.9. The minimum Gasteiger partial charge on any atom is -1.00 e. The van der Waals surface area contributed by atoms with Crippen molar-refractivity contribution in [1.29, 1.82) is 0 Å². The zero-order valence-electron chi connectivity index (χ0n) is 5.77. The maximum atomic E-state index is 0. The SMILES string of the molecule is [AlH3].[Ba+2].[Ca+2].[Fe].[H-].[H-].[H-].[H-].[SiH4]. The molecule has 0 atom stereocenters. The van der Waals surface area contributed by atoms with Crippen molar-refractivity contribution in [3.05, 3.63) is 0 Å². The van der Waals surface area contributed by atoms with Crippen LogP contribution in [0.25, 0.3) is 0 Å². The quantitative estimate of drug-likeness (QED) is 0.420. The summed E-state index contributed by atoms with van der Waals surface area (Å²) in [5, 5.41) is 0. The molecule has 0 aromatic heterocycles. The van der Waals surface area contributed by atoms with Crippen molar-refractivity contribution in [2.45, 2.75) is 0 Å². The Labute approximate surface area is 134 Å². The van der Waals surface area contributed by atoms with Gasteiger partial charge in [0.2, 0.25) is 0 Å². The van der Waals surface area contributed by atoms with E-state index >= 15 is 0 Å². The van der Waals surface area contributed by atoms with Crippen LogP contribution < -0.4 is 0 Å². The van der Waals surface area contributed by atoms with Crippen LogP contribution in [0.15, 0.2) is 0 Å². The van der Waals surface area contributed by atoms with Crippen molar-refractivity contribution >= 4 is 115 Å². The van der Waals surface area contributed by atoms with Gasteiger partial charge in [-0.05, 0) is 11.0 Å². The number of hydrogen-bond donors (Lipinski definition) is 0. The molecule has 0 aliphatic rings. The second-order valence-corrected chi connectivity index (χ2v) is 0. The van der Waals surface area contributed by atoms with Gasteiger partial charge in [0.15, 0.2) is 17.4 Å².